The van der Waals surface area contributed by atoms with Crippen LogP contribution in [-0.4, -0.2) is 29.1 Å². The molecule has 0 aliphatic heterocycles. The molecular weight excluding hydrogens is 466 g/mol. The number of aromatic nitrogens is 1. The van der Waals surface area contributed by atoms with Gasteiger partial charge in [0.25, 0.3) is 0 Å². The summed E-state index contributed by atoms with van der Waals surface area (Å²) in [5.74, 6) is 0.345. The first-order chi connectivity index (χ1) is 17.2. The molecule has 0 amide bonds. The van der Waals surface area contributed by atoms with E-state index in [1.54, 1.807) is 6.20 Å². The Labute approximate surface area is 220 Å². The molecule has 0 saturated heterocycles. The molecule has 1 aromatic rings. The third-order valence-corrected chi connectivity index (χ3v) is 12.6. The lowest BCUT2D eigenvalue weighted by molar-refractivity contribution is -0.195. The van der Waals surface area contributed by atoms with Gasteiger partial charge < -0.3 is 14.4 Å². The van der Waals surface area contributed by atoms with Gasteiger partial charge in [-0.15, -0.1) is 0 Å². The summed E-state index contributed by atoms with van der Waals surface area (Å²) in [7, 11) is 1.50. The van der Waals surface area contributed by atoms with Crippen molar-refractivity contribution in [3.05, 3.63) is 29.2 Å². The first-order valence-corrected chi connectivity index (χ1v) is 14.2. The zero-order valence-corrected chi connectivity index (χ0v) is 23.6. The summed E-state index contributed by atoms with van der Waals surface area (Å²) in [6.45, 7) is 13.4. The number of nitrogens with zero attached hydrogens (tertiary/aromatic N) is 1. The van der Waals surface area contributed by atoms with Gasteiger partial charge >= 0.3 is 5.97 Å². The number of ether oxygens (including phenoxy) is 1. The van der Waals surface area contributed by atoms with Crippen molar-refractivity contribution >= 4 is 11.8 Å². The number of esters is 1. The second kappa shape index (κ2) is 7.37. The molecule has 0 aromatic carbocycles. The monoisotopic (exact) mass is 509 g/mol. The largest absolute Gasteiger partial charge is 0.469 e. The molecule has 6 nitrogen and oxygen atoms in total. The van der Waals surface area contributed by atoms with E-state index < -0.39 is 11.0 Å². The van der Waals surface area contributed by atoms with Gasteiger partial charge in [0.1, 0.15) is 5.60 Å². The Morgan fingerprint density at radius 2 is 1.78 bits per heavy atom. The van der Waals surface area contributed by atoms with Crippen molar-refractivity contribution in [2.45, 2.75) is 98.5 Å². The van der Waals surface area contributed by atoms with Crippen molar-refractivity contribution in [1.82, 2.24) is 5.16 Å². The predicted molar refractivity (Wildman–Crippen MR) is 138 cm³/mol. The molecule has 0 unspecified atom stereocenters. The number of rotatable bonds is 1. The van der Waals surface area contributed by atoms with Gasteiger partial charge in [0.2, 0.25) is 0 Å². The highest BCUT2D eigenvalue weighted by atomic mass is 16.5. The van der Waals surface area contributed by atoms with Gasteiger partial charge in [-0.2, -0.15) is 0 Å². The maximum Gasteiger partial charge on any atom is 0.312 e. The molecule has 5 aliphatic carbocycles. The highest BCUT2D eigenvalue weighted by molar-refractivity contribution is 5.96. The second-order valence-electron chi connectivity index (χ2n) is 14.8. The minimum atomic E-state index is -1.14. The maximum atomic E-state index is 14.4. The molecular formula is C31H43NO5. The van der Waals surface area contributed by atoms with Crippen molar-refractivity contribution in [1.29, 1.82) is 0 Å². The van der Waals surface area contributed by atoms with E-state index in [4.69, 9.17) is 9.26 Å². The number of allylic oxidation sites excluding steroid dienone is 2. The van der Waals surface area contributed by atoms with Crippen LogP contribution in [-0.2, 0) is 26.3 Å². The number of ketones is 1. The Hall–Kier alpha value is -1.95. The van der Waals surface area contributed by atoms with Gasteiger partial charge in [0, 0.05) is 17.4 Å². The summed E-state index contributed by atoms with van der Waals surface area (Å²) in [5, 5.41) is 15.8. The Morgan fingerprint density at radius 1 is 1.08 bits per heavy atom. The topological polar surface area (TPSA) is 89.6 Å². The molecule has 1 N–H and O–H groups in total. The van der Waals surface area contributed by atoms with Crippen LogP contribution in [0.3, 0.4) is 0 Å². The van der Waals surface area contributed by atoms with Crippen LogP contribution in [0.15, 0.2) is 22.4 Å². The van der Waals surface area contributed by atoms with Gasteiger partial charge in [-0.25, -0.2) is 0 Å². The third kappa shape index (κ3) is 2.94. The molecule has 6 heteroatoms. The lowest BCUT2D eigenvalue weighted by Gasteiger charge is -2.69. The van der Waals surface area contributed by atoms with E-state index in [1.165, 1.54) is 12.7 Å². The number of fused-ring (bicyclic) bond motifs is 8. The van der Waals surface area contributed by atoms with E-state index in [-0.39, 0.29) is 51.2 Å². The molecule has 6 rings (SSSR count). The summed E-state index contributed by atoms with van der Waals surface area (Å²) < 4.78 is 11.0. The number of carbonyl (C=O) groups excluding carboxylic acids is 2. The Balaban J connectivity index is 1.51. The fraction of sp³-hybridized carbons (Fsp3) is 0.774. The first kappa shape index (κ1) is 25.3. The van der Waals surface area contributed by atoms with Crippen LogP contribution in [0.25, 0.3) is 0 Å². The molecule has 3 fully saturated rings. The number of carbonyl (C=O) groups is 2. The average molecular weight is 510 g/mol. The standard InChI is InChI=1S/C31H43NO5/c1-26(2)10-12-31(25(34)36-7)13-11-29(5)23(19(31)16-26)20(33)14-22-27(3)15-18-17-32-37-24(18)30(6,35)21(27)8-9-28(22,29)4/h14,17,19,21,23,35H,8-13,15-16H2,1-7H3/t19-,21+,23-,27-,28+,29+,30-,31-/m0/s1. The molecule has 0 spiro atoms. The van der Waals surface area contributed by atoms with Crippen LogP contribution < -0.4 is 0 Å². The fourth-order valence-electron chi connectivity index (χ4n) is 10.5. The zero-order chi connectivity index (χ0) is 26.8. The highest BCUT2D eigenvalue weighted by Crippen LogP contribution is 2.74. The maximum absolute atomic E-state index is 14.4. The molecule has 202 valence electrons. The Bertz CT molecular complexity index is 1210. The fourth-order valence-corrected chi connectivity index (χ4v) is 10.5. The van der Waals surface area contributed by atoms with E-state index in [1.807, 2.05) is 13.0 Å². The van der Waals surface area contributed by atoms with Gasteiger partial charge in [0.05, 0.1) is 18.7 Å². The first-order valence-electron chi connectivity index (χ1n) is 14.2. The minimum Gasteiger partial charge on any atom is -0.469 e. The van der Waals surface area contributed by atoms with Crippen molar-refractivity contribution in [3.8, 4) is 0 Å². The highest BCUT2D eigenvalue weighted by Gasteiger charge is 2.71. The average Bonchev–Trinajstić information content (AvgIpc) is 3.28. The Kier molecular flexibility index (Phi) is 5.04. The molecule has 5 aliphatic rings. The van der Waals surface area contributed by atoms with E-state index in [0.29, 0.717) is 12.2 Å². The number of hydrogen-bond acceptors (Lipinski definition) is 6. The van der Waals surface area contributed by atoms with Gasteiger partial charge in [-0.05, 0) is 91.9 Å². The SMILES string of the molecule is COC(=O)[C@]12CCC(C)(C)C[C@H]1[C@H]1C(=O)C=C3[C@@]4(C)Cc5cnoc5[C@@](C)(O)[C@@H]4CC[C@@]3(C)[C@]1(C)CC2. The van der Waals surface area contributed by atoms with Crippen molar-refractivity contribution < 1.29 is 24.0 Å². The van der Waals surface area contributed by atoms with Crippen LogP contribution in [0.1, 0.15) is 97.8 Å². The zero-order valence-electron chi connectivity index (χ0n) is 23.6. The lowest BCUT2D eigenvalue weighted by Crippen LogP contribution is -2.66. The van der Waals surface area contributed by atoms with Crippen LogP contribution >= 0.6 is 0 Å². The minimum absolute atomic E-state index is 0.0192. The molecule has 0 radical (unpaired) electrons. The lowest BCUT2D eigenvalue weighted by atomic mass is 9.34. The smallest absolute Gasteiger partial charge is 0.312 e. The normalized spacial score (nSPS) is 47.9. The van der Waals surface area contributed by atoms with Crippen molar-refractivity contribution in [3.63, 3.8) is 0 Å². The second-order valence-corrected chi connectivity index (χ2v) is 14.8. The quantitative estimate of drug-likeness (QED) is 0.483. The summed E-state index contributed by atoms with van der Waals surface area (Å²) in [5.41, 5.74) is -0.336. The third-order valence-electron chi connectivity index (χ3n) is 12.6. The van der Waals surface area contributed by atoms with E-state index in [9.17, 15) is 14.7 Å². The predicted octanol–water partition coefficient (Wildman–Crippen LogP) is 5.77. The summed E-state index contributed by atoms with van der Waals surface area (Å²) in [6, 6.07) is 0. The number of methoxy groups -OCH3 is 1. The molecule has 1 heterocycles. The van der Waals surface area contributed by atoms with Gasteiger partial charge in [0.15, 0.2) is 11.5 Å². The van der Waals surface area contributed by atoms with Crippen LogP contribution in [0.2, 0.25) is 0 Å². The van der Waals surface area contributed by atoms with Crippen molar-refractivity contribution in [2.75, 3.05) is 7.11 Å². The van der Waals surface area contributed by atoms with E-state index >= 15 is 0 Å². The van der Waals surface area contributed by atoms with Crippen LogP contribution in [0, 0.1) is 44.8 Å². The van der Waals surface area contributed by atoms with Gasteiger partial charge in [-0.1, -0.05) is 45.3 Å². The van der Waals surface area contributed by atoms with Crippen molar-refractivity contribution in [2.24, 2.45) is 44.8 Å². The molecule has 3 saturated carbocycles. The van der Waals surface area contributed by atoms with Crippen LogP contribution in [0.5, 0.6) is 0 Å². The van der Waals surface area contributed by atoms with Crippen LogP contribution in [0.4, 0.5) is 0 Å². The summed E-state index contributed by atoms with van der Waals surface area (Å²) in [4.78, 5) is 27.8. The Morgan fingerprint density at radius 3 is 2.49 bits per heavy atom. The van der Waals surface area contributed by atoms with E-state index in [2.05, 4.69) is 39.8 Å². The molecule has 1 aromatic heterocycles. The summed E-state index contributed by atoms with van der Waals surface area (Å²) >= 11 is 0. The molecule has 0 bridgehead atoms. The molecule has 37 heavy (non-hydrogen) atoms. The molecule has 8 atom stereocenters. The number of hydrogen-bond donors (Lipinski definition) is 1. The van der Waals surface area contributed by atoms with E-state index in [0.717, 1.165) is 50.5 Å². The summed E-state index contributed by atoms with van der Waals surface area (Å²) in [6.07, 6.45) is 10.4. The number of aliphatic hydroxyl groups is 1. The van der Waals surface area contributed by atoms with Gasteiger partial charge in [-0.3, -0.25) is 9.59 Å².